The third-order valence-corrected chi connectivity index (χ3v) is 4.99. The molecule has 0 saturated heterocycles. The lowest BCUT2D eigenvalue weighted by molar-refractivity contribution is -0.147. The van der Waals surface area contributed by atoms with Gasteiger partial charge in [-0.25, -0.2) is 9.59 Å². The monoisotopic (exact) mass is 503 g/mol. The number of hydrogen-bond donors (Lipinski definition) is 4. The van der Waals surface area contributed by atoms with E-state index in [0.29, 0.717) is 0 Å². The molecule has 0 aliphatic rings. The molecule has 0 heterocycles. The average molecular weight is 504 g/mol. The molecule has 4 N–H and O–H groups in total. The van der Waals surface area contributed by atoms with Gasteiger partial charge in [-0.05, 0) is 32.3 Å². The van der Waals surface area contributed by atoms with E-state index in [1.807, 2.05) is 18.2 Å². The molecule has 198 valence electrons. The van der Waals surface area contributed by atoms with Crippen molar-refractivity contribution in [3.8, 4) is 0 Å². The number of nitrogens with one attached hydrogen (secondary N) is 3. The van der Waals surface area contributed by atoms with Crippen molar-refractivity contribution in [2.45, 2.75) is 57.8 Å². The van der Waals surface area contributed by atoms with E-state index in [-0.39, 0.29) is 45.0 Å². The molecule has 0 spiro atoms. The smallest absolute Gasteiger partial charge is 0.408 e. The van der Waals surface area contributed by atoms with Gasteiger partial charge in [0.25, 0.3) is 0 Å². The number of benzene rings is 1. The third-order valence-electron chi connectivity index (χ3n) is 4.99. The molecule has 0 radical (unpaired) electrons. The number of allylic oxidation sites excluding steroid dienone is 1. The second kappa shape index (κ2) is 16.9. The minimum Gasteiger partial charge on any atom is -0.462 e. The van der Waals surface area contributed by atoms with Crippen LogP contribution in [0.4, 0.5) is 4.79 Å². The molecule has 10 heteroatoms. The second-order valence-corrected chi connectivity index (χ2v) is 8.40. The van der Waals surface area contributed by atoms with Gasteiger partial charge >= 0.3 is 12.1 Å². The lowest BCUT2D eigenvalue weighted by atomic mass is 9.99. The molecule has 0 aliphatic carbocycles. The predicted octanol–water partition coefficient (Wildman–Crippen LogP) is 1.98. The van der Waals surface area contributed by atoms with Crippen LogP contribution < -0.4 is 16.0 Å². The summed E-state index contributed by atoms with van der Waals surface area (Å²) in [6, 6.07) is 7.12. The summed E-state index contributed by atoms with van der Waals surface area (Å²) >= 11 is 0. The van der Waals surface area contributed by atoms with E-state index in [1.165, 1.54) is 6.08 Å². The Morgan fingerprint density at radius 3 is 2.22 bits per heavy atom. The topological polar surface area (TPSA) is 143 Å². The normalized spacial score (nSPS) is 13.8. The van der Waals surface area contributed by atoms with Crippen molar-refractivity contribution in [3.05, 3.63) is 61.2 Å². The highest BCUT2D eigenvalue weighted by Gasteiger charge is 2.25. The first-order valence-corrected chi connectivity index (χ1v) is 11.8. The summed E-state index contributed by atoms with van der Waals surface area (Å²) in [4.78, 5) is 49.4. The van der Waals surface area contributed by atoms with E-state index in [2.05, 4.69) is 29.1 Å². The first-order valence-electron chi connectivity index (χ1n) is 11.8. The third kappa shape index (κ3) is 12.2. The number of aliphatic hydroxyl groups is 1. The molecule has 1 rings (SSSR count). The van der Waals surface area contributed by atoms with Crippen molar-refractivity contribution in [1.29, 1.82) is 0 Å². The molecular weight excluding hydrogens is 466 g/mol. The zero-order valence-corrected chi connectivity index (χ0v) is 20.9. The van der Waals surface area contributed by atoms with Gasteiger partial charge in [-0.2, -0.15) is 0 Å². The van der Waals surface area contributed by atoms with Gasteiger partial charge in [0.15, 0.2) is 0 Å². The second-order valence-electron chi connectivity index (χ2n) is 8.40. The summed E-state index contributed by atoms with van der Waals surface area (Å²) in [5.74, 6) is -2.13. The molecule has 0 fully saturated rings. The minimum absolute atomic E-state index is 0.0500. The molecular formula is C26H37N3O7. The van der Waals surface area contributed by atoms with Crippen LogP contribution in [-0.2, 0) is 30.5 Å². The van der Waals surface area contributed by atoms with Crippen molar-refractivity contribution in [2.75, 3.05) is 13.2 Å². The van der Waals surface area contributed by atoms with Crippen LogP contribution >= 0.6 is 0 Å². The fraction of sp³-hybridized carbons (Fsp3) is 0.462. The molecule has 36 heavy (non-hydrogen) atoms. The Balaban J connectivity index is 2.54. The molecule has 3 amide bonds. The number of carbonyl (C=O) groups is 4. The highest BCUT2D eigenvalue weighted by atomic mass is 16.6. The zero-order chi connectivity index (χ0) is 26.9. The SMILES string of the molecule is C=CC[C@@H](CC(=O)N[C@@H](C)CO)C(=O)N[C@@H](C)COC(=O)[C@@H](CC=C)NC(=O)OCc1ccccc1. The first-order chi connectivity index (χ1) is 17.2. The Bertz CT molecular complexity index is 876. The number of hydrogen-bond acceptors (Lipinski definition) is 7. The molecule has 0 bridgehead atoms. The molecule has 4 atom stereocenters. The van der Waals surface area contributed by atoms with Crippen LogP contribution in [0.25, 0.3) is 0 Å². The largest absolute Gasteiger partial charge is 0.462 e. The van der Waals surface area contributed by atoms with Crippen LogP contribution in [0, 0.1) is 5.92 Å². The van der Waals surface area contributed by atoms with E-state index in [9.17, 15) is 19.2 Å². The van der Waals surface area contributed by atoms with Crippen LogP contribution in [0.5, 0.6) is 0 Å². The fourth-order valence-corrected chi connectivity index (χ4v) is 3.09. The Morgan fingerprint density at radius 1 is 0.944 bits per heavy atom. The molecule has 0 unspecified atom stereocenters. The van der Waals surface area contributed by atoms with Crippen LogP contribution in [0.15, 0.2) is 55.6 Å². The van der Waals surface area contributed by atoms with Crippen LogP contribution in [0.1, 0.15) is 38.7 Å². The van der Waals surface area contributed by atoms with E-state index in [0.717, 1.165) is 5.56 Å². The molecule has 1 aromatic rings. The number of ether oxygens (including phenoxy) is 2. The Labute approximate surface area is 212 Å². The van der Waals surface area contributed by atoms with Crippen molar-refractivity contribution < 1.29 is 33.8 Å². The Morgan fingerprint density at radius 2 is 1.61 bits per heavy atom. The van der Waals surface area contributed by atoms with Gasteiger partial charge < -0.3 is 30.5 Å². The van der Waals surface area contributed by atoms with E-state index in [1.54, 1.807) is 32.1 Å². The maximum atomic E-state index is 12.6. The standard InChI is InChI=1S/C26H37N3O7/c1-5-10-21(14-23(31)27-18(3)15-30)24(32)28-19(4)16-35-25(33)22(11-6-2)29-26(34)36-17-20-12-8-7-9-13-20/h5-9,12-13,18-19,21-22,30H,1-2,10-11,14-17H2,3-4H3,(H,27,31)(H,28,32)(H,29,34)/t18-,19-,21-,22+/m0/s1. The number of carbonyl (C=O) groups excluding carboxylic acids is 4. The number of aliphatic hydroxyl groups excluding tert-OH is 1. The highest BCUT2D eigenvalue weighted by Crippen LogP contribution is 2.11. The van der Waals surface area contributed by atoms with Crippen molar-refractivity contribution >= 4 is 23.9 Å². The molecule has 1 aromatic carbocycles. The van der Waals surface area contributed by atoms with Gasteiger partial charge in [0.1, 0.15) is 19.3 Å². The first kappa shape index (κ1) is 30.4. The summed E-state index contributed by atoms with van der Waals surface area (Å²) < 4.78 is 10.4. The van der Waals surface area contributed by atoms with Gasteiger partial charge in [0, 0.05) is 12.5 Å². The lowest BCUT2D eigenvalue weighted by Crippen LogP contribution is -2.45. The van der Waals surface area contributed by atoms with Gasteiger partial charge in [0.05, 0.1) is 18.6 Å². The van der Waals surface area contributed by atoms with E-state index in [4.69, 9.17) is 14.6 Å². The molecule has 0 aliphatic heterocycles. The quantitative estimate of drug-likeness (QED) is 0.200. The van der Waals surface area contributed by atoms with Gasteiger partial charge in [-0.1, -0.05) is 42.5 Å². The van der Waals surface area contributed by atoms with Crippen LogP contribution in [-0.4, -0.2) is 60.3 Å². The number of alkyl carbamates (subject to hydrolysis) is 1. The molecule has 10 nitrogen and oxygen atoms in total. The average Bonchev–Trinajstić information content (AvgIpc) is 2.85. The summed E-state index contributed by atoms with van der Waals surface area (Å²) in [6.45, 7) is 10.2. The lowest BCUT2D eigenvalue weighted by Gasteiger charge is -2.21. The number of amides is 3. The Hall–Kier alpha value is -3.66. The molecule has 0 saturated carbocycles. The number of rotatable bonds is 16. The fourth-order valence-electron chi connectivity index (χ4n) is 3.09. The maximum absolute atomic E-state index is 12.6. The van der Waals surface area contributed by atoms with Gasteiger partial charge in [0.2, 0.25) is 11.8 Å². The van der Waals surface area contributed by atoms with Gasteiger partial charge in [-0.15, -0.1) is 13.2 Å². The van der Waals surface area contributed by atoms with Gasteiger partial charge in [-0.3, -0.25) is 9.59 Å². The summed E-state index contributed by atoms with van der Waals surface area (Å²) in [5, 5.41) is 16.8. The summed E-state index contributed by atoms with van der Waals surface area (Å²) in [5.41, 5.74) is 0.801. The van der Waals surface area contributed by atoms with E-state index < -0.39 is 42.0 Å². The van der Waals surface area contributed by atoms with Crippen LogP contribution in [0.2, 0.25) is 0 Å². The number of esters is 1. The maximum Gasteiger partial charge on any atom is 0.408 e. The highest BCUT2D eigenvalue weighted by molar-refractivity contribution is 5.86. The predicted molar refractivity (Wildman–Crippen MR) is 135 cm³/mol. The van der Waals surface area contributed by atoms with Crippen molar-refractivity contribution in [3.63, 3.8) is 0 Å². The van der Waals surface area contributed by atoms with Crippen LogP contribution in [0.3, 0.4) is 0 Å². The minimum atomic E-state index is -1.00. The van der Waals surface area contributed by atoms with Crippen molar-refractivity contribution in [1.82, 2.24) is 16.0 Å². The van der Waals surface area contributed by atoms with Crippen molar-refractivity contribution in [2.24, 2.45) is 5.92 Å². The molecule has 0 aromatic heterocycles. The summed E-state index contributed by atoms with van der Waals surface area (Å²) in [6.07, 6.45) is 2.56. The summed E-state index contributed by atoms with van der Waals surface area (Å²) in [7, 11) is 0. The zero-order valence-electron chi connectivity index (χ0n) is 20.9. The Kier molecular flexibility index (Phi) is 14.2. The van der Waals surface area contributed by atoms with E-state index >= 15 is 0 Å².